The molecule has 2 aromatic carbocycles. The van der Waals surface area contributed by atoms with Gasteiger partial charge in [-0.1, -0.05) is 44.2 Å². The maximum Gasteiger partial charge on any atom is 0.407 e. The van der Waals surface area contributed by atoms with E-state index >= 15 is 0 Å². The average molecular weight is 451 g/mol. The van der Waals surface area contributed by atoms with Crippen molar-refractivity contribution in [2.24, 2.45) is 5.92 Å². The molecule has 0 aliphatic heterocycles. The molecule has 0 aliphatic carbocycles. The van der Waals surface area contributed by atoms with Crippen molar-refractivity contribution < 1.29 is 14.3 Å². The number of pyridine rings is 1. The second-order valence-electron chi connectivity index (χ2n) is 9.49. The number of alkyl carbamates (subject to hydrolysis) is 1. The summed E-state index contributed by atoms with van der Waals surface area (Å²) in [7, 11) is 0. The van der Waals surface area contributed by atoms with Crippen molar-refractivity contribution >= 4 is 16.9 Å². The number of benzene rings is 2. The SMILES string of the molecule is CCOc1ccc2c(-c3ccccc3)c(CNC(=O)OC(C)(C)C)n(CC(C)C)c(=O)c2c1. The molecular weight excluding hydrogens is 416 g/mol. The number of aromatic nitrogens is 1. The normalized spacial score (nSPS) is 11.6. The molecule has 0 atom stereocenters. The Hall–Kier alpha value is -3.28. The lowest BCUT2D eigenvalue weighted by atomic mass is 9.96. The zero-order chi connectivity index (χ0) is 24.2. The van der Waals surface area contributed by atoms with Crippen molar-refractivity contribution in [3.63, 3.8) is 0 Å². The summed E-state index contributed by atoms with van der Waals surface area (Å²) in [6.45, 7) is 12.7. The van der Waals surface area contributed by atoms with E-state index in [2.05, 4.69) is 19.2 Å². The summed E-state index contributed by atoms with van der Waals surface area (Å²) in [5, 5.41) is 4.29. The van der Waals surface area contributed by atoms with Crippen molar-refractivity contribution in [1.82, 2.24) is 9.88 Å². The van der Waals surface area contributed by atoms with Crippen molar-refractivity contribution in [1.29, 1.82) is 0 Å². The molecule has 1 amide bonds. The fourth-order valence-corrected chi connectivity index (χ4v) is 3.87. The summed E-state index contributed by atoms with van der Waals surface area (Å²) in [6.07, 6.45) is -0.517. The molecule has 0 radical (unpaired) electrons. The number of carbonyl (C=O) groups is 1. The van der Waals surface area contributed by atoms with E-state index in [0.29, 0.717) is 24.3 Å². The van der Waals surface area contributed by atoms with Crippen molar-refractivity contribution in [2.45, 2.75) is 60.2 Å². The van der Waals surface area contributed by atoms with Gasteiger partial charge in [0.2, 0.25) is 0 Å². The predicted octanol–water partition coefficient (Wildman–Crippen LogP) is 5.75. The molecule has 6 heteroatoms. The Labute approximate surface area is 195 Å². The number of amides is 1. The molecule has 3 rings (SSSR count). The molecule has 6 nitrogen and oxygen atoms in total. The van der Waals surface area contributed by atoms with Crippen LogP contribution in [0.5, 0.6) is 5.75 Å². The number of rotatable bonds is 7. The van der Waals surface area contributed by atoms with Crippen molar-refractivity contribution in [2.75, 3.05) is 6.61 Å². The molecule has 0 fully saturated rings. The highest BCUT2D eigenvalue weighted by molar-refractivity contribution is 5.98. The van der Waals surface area contributed by atoms with Crippen molar-refractivity contribution in [3.05, 3.63) is 64.6 Å². The minimum atomic E-state index is -0.608. The largest absolute Gasteiger partial charge is 0.494 e. The molecule has 1 N–H and O–H groups in total. The van der Waals surface area contributed by atoms with E-state index in [1.807, 2.05) is 76.2 Å². The molecule has 3 aromatic rings. The van der Waals surface area contributed by atoms with Crippen LogP contribution in [0.3, 0.4) is 0 Å². The average Bonchev–Trinajstić information content (AvgIpc) is 2.74. The Kier molecular flexibility index (Phi) is 7.46. The van der Waals surface area contributed by atoms with Crippen molar-refractivity contribution in [3.8, 4) is 16.9 Å². The molecule has 0 aliphatic rings. The number of hydrogen-bond donors (Lipinski definition) is 1. The molecule has 176 valence electrons. The first-order valence-corrected chi connectivity index (χ1v) is 11.4. The molecule has 0 saturated heterocycles. The second-order valence-corrected chi connectivity index (χ2v) is 9.49. The first-order valence-electron chi connectivity index (χ1n) is 11.4. The van der Waals surface area contributed by atoms with Gasteiger partial charge in [-0.3, -0.25) is 4.79 Å². The summed E-state index contributed by atoms with van der Waals surface area (Å²) in [5.74, 6) is 0.899. The second kappa shape index (κ2) is 10.1. The van der Waals surface area contributed by atoms with E-state index in [-0.39, 0.29) is 18.0 Å². The van der Waals surface area contributed by atoms with Gasteiger partial charge in [0, 0.05) is 17.8 Å². The van der Waals surface area contributed by atoms with Gasteiger partial charge in [-0.05, 0) is 62.8 Å². The first kappa shape index (κ1) is 24.4. The molecular formula is C27H34N2O4. The number of ether oxygens (including phenoxy) is 2. The summed E-state index contributed by atoms with van der Waals surface area (Å²) < 4.78 is 12.9. The third-order valence-corrected chi connectivity index (χ3v) is 5.07. The van der Waals surface area contributed by atoms with Crippen LogP contribution >= 0.6 is 0 Å². The van der Waals surface area contributed by atoms with Gasteiger partial charge in [0.15, 0.2) is 0 Å². The fraction of sp³-hybridized carbons (Fsp3) is 0.407. The van der Waals surface area contributed by atoms with Crippen LogP contribution in [-0.4, -0.2) is 22.9 Å². The first-order chi connectivity index (χ1) is 15.6. The van der Waals surface area contributed by atoms with E-state index < -0.39 is 11.7 Å². The quantitative estimate of drug-likeness (QED) is 0.498. The van der Waals surface area contributed by atoms with E-state index in [9.17, 15) is 9.59 Å². The molecule has 0 saturated carbocycles. The minimum absolute atomic E-state index is 0.0964. The van der Waals surface area contributed by atoms with E-state index in [0.717, 1.165) is 22.2 Å². The van der Waals surface area contributed by atoms with Crippen LogP contribution < -0.4 is 15.6 Å². The summed E-state index contributed by atoms with van der Waals surface area (Å²) in [4.78, 5) is 26.1. The highest BCUT2D eigenvalue weighted by Gasteiger charge is 2.21. The van der Waals surface area contributed by atoms with E-state index in [1.54, 1.807) is 4.57 Å². The van der Waals surface area contributed by atoms with Crippen LogP contribution in [-0.2, 0) is 17.8 Å². The maximum atomic E-state index is 13.7. The van der Waals surface area contributed by atoms with Gasteiger partial charge >= 0.3 is 6.09 Å². The molecule has 1 heterocycles. The van der Waals surface area contributed by atoms with Gasteiger partial charge in [-0.25, -0.2) is 4.79 Å². The van der Waals surface area contributed by atoms with Crippen LogP contribution in [0.2, 0.25) is 0 Å². The predicted molar refractivity (Wildman–Crippen MR) is 133 cm³/mol. The zero-order valence-electron chi connectivity index (χ0n) is 20.4. The van der Waals surface area contributed by atoms with E-state index in [4.69, 9.17) is 9.47 Å². The molecule has 0 bridgehead atoms. The van der Waals surface area contributed by atoms with Crippen LogP contribution in [0.25, 0.3) is 21.9 Å². The standard InChI is InChI=1S/C27H34N2O4/c1-7-32-20-13-14-21-22(15-20)25(30)29(17-18(2)3)23(16-28-26(31)33-27(4,5)6)24(21)19-11-9-8-10-12-19/h8-15,18H,7,16-17H2,1-6H3,(H,28,31). The molecule has 0 unspecified atom stereocenters. The lowest BCUT2D eigenvalue weighted by Crippen LogP contribution is -2.35. The maximum absolute atomic E-state index is 13.7. The topological polar surface area (TPSA) is 69.6 Å². The Bertz CT molecular complexity index is 1170. The smallest absolute Gasteiger partial charge is 0.407 e. The van der Waals surface area contributed by atoms with Crippen LogP contribution in [0.1, 0.15) is 47.2 Å². The molecule has 0 spiro atoms. The molecule has 1 aromatic heterocycles. The third kappa shape index (κ3) is 5.95. The Morgan fingerprint density at radius 2 is 1.76 bits per heavy atom. The van der Waals surface area contributed by atoms with E-state index in [1.165, 1.54) is 0 Å². The van der Waals surface area contributed by atoms with Gasteiger partial charge in [0.25, 0.3) is 5.56 Å². The fourth-order valence-electron chi connectivity index (χ4n) is 3.87. The van der Waals surface area contributed by atoms with Gasteiger partial charge in [-0.2, -0.15) is 0 Å². The third-order valence-electron chi connectivity index (χ3n) is 5.07. The summed E-state index contributed by atoms with van der Waals surface area (Å²) in [5.41, 5.74) is 1.95. The number of hydrogen-bond acceptors (Lipinski definition) is 4. The summed E-state index contributed by atoms with van der Waals surface area (Å²) in [6, 6.07) is 15.6. The van der Waals surface area contributed by atoms with Crippen LogP contribution in [0, 0.1) is 5.92 Å². The van der Waals surface area contributed by atoms with Crippen LogP contribution in [0.4, 0.5) is 4.79 Å². The summed E-state index contributed by atoms with van der Waals surface area (Å²) >= 11 is 0. The van der Waals surface area contributed by atoms with Crippen LogP contribution in [0.15, 0.2) is 53.3 Å². The lowest BCUT2D eigenvalue weighted by molar-refractivity contribution is 0.0522. The number of fused-ring (bicyclic) bond motifs is 1. The minimum Gasteiger partial charge on any atom is -0.494 e. The number of nitrogens with zero attached hydrogens (tertiary/aromatic N) is 1. The number of carbonyl (C=O) groups excluding carboxylic acids is 1. The van der Waals surface area contributed by atoms with Gasteiger partial charge in [-0.15, -0.1) is 0 Å². The van der Waals surface area contributed by atoms with Gasteiger partial charge in [0.1, 0.15) is 11.4 Å². The Morgan fingerprint density at radius 3 is 2.36 bits per heavy atom. The lowest BCUT2D eigenvalue weighted by Gasteiger charge is -2.23. The number of nitrogens with one attached hydrogen (secondary N) is 1. The Balaban J connectivity index is 2.25. The highest BCUT2D eigenvalue weighted by Crippen LogP contribution is 2.33. The Morgan fingerprint density at radius 1 is 1.06 bits per heavy atom. The monoisotopic (exact) mass is 450 g/mol. The molecule has 33 heavy (non-hydrogen) atoms. The highest BCUT2D eigenvalue weighted by atomic mass is 16.6. The van der Waals surface area contributed by atoms with Gasteiger partial charge in [0.05, 0.1) is 18.5 Å². The zero-order valence-corrected chi connectivity index (χ0v) is 20.4. The van der Waals surface area contributed by atoms with Gasteiger partial charge < -0.3 is 19.4 Å².